The number of nitrogens with two attached hydrogens (primary N) is 1. The topological polar surface area (TPSA) is 43.1 Å². The van der Waals surface area contributed by atoms with E-state index in [1.807, 2.05) is 12.1 Å². The van der Waals surface area contributed by atoms with Crippen LogP contribution in [-0.2, 0) is 4.79 Å². The molecule has 0 atom stereocenters. The van der Waals surface area contributed by atoms with E-state index in [1.165, 1.54) is 10.5 Å². The summed E-state index contributed by atoms with van der Waals surface area (Å²) >= 11 is 1.76. The van der Waals surface area contributed by atoms with E-state index >= 15 is 0 Å². The number of hydrogen-bond donors (Lipinski definition) is 1. The van der Waals surface area contributed by atoms with E-state index in [4.69, 9.17) is 5.73 Å². The number of aryl methyl sites for hydroxylation is 1. The summed E-state index contributed by atoms with van der Waals surface area (Å²) < 4.78 is -0.0246. The lowest BCUT2D eigenvalue weighted by molar-refractivity contribution is -0.125. The van der Waals surface area contributed by atoms with Crippen LogP contribution in [0.15, 0.2) is 29.2 Å². The van der Waals surface area contributed by atoms with Crippen molar-refractivity contribution in [2.75, 3.05) is 6.54 Å². The fourth-order valence-electron chi connectivity index (χ4n) is 1.83. The number of rotatable bonds is 3. The number of benzene rings is 1. The molecule has 1 aromatic rings. The molecule has 0 saturated heterocycles. The predicted octanol–water partition coefficient (Wildman–Crippen LogP) is 2.15. The fourth-order valence-corrected chi connectivity index (χ4v) is 3.22. The number of thioether (sulfide) groups is 1. The Labute approximate surface area is 94.2 Å². The van der Waals surface area contributed by atoms with Gasteiger partial charge in [-0.25, -0.2) is 0 Å². The highest BCUT2D eigenvalue weighted by Crippen LogP contribution is 2.45. The van der Waals surface area contributed by atoms with Crippen LogP contribution in [0.25, 0.3) is 0 Å². The smallest absolute Gasteiger partial charge is 0.135 e. The van der Waals surface area contributed by atoms with E-state index < -0.39 is 0 Å². The minimum atomic E-state index is -0.0246. The Morgan fingerprint density at radius 3 is 2.60 bits per heavy atom. The molecule has 1 aliphatic rings. The molecule has 2 rings (SSSR count). The van der Waals surface area contributed by atoms with E-state index in [0.29, 0.717) is 25.2 Å². The van der Waals surface area contributed by atoms with Gasteiger partial charge in [0.05, 0.1) is 0 Å². The zero-order valence-corrected chi connectivity index (χ0v) is 9.64. The van der Waals surface area contributed by atoms with Crippen LogP contribution >= 0.6 is 11.8 Å². The Morgan fingerprint density at radius 2 is 2.07 bits per heavy atom. The van der Waals surface area contributed by atoms with Gasteiger partial charge < -0.3 is 5.73 Å². The minimum Gasteiger partial charge on any atom is -0.329 e. The second kappa shape index (κ2) is 3.99. The molecule has 1 fully saturated rings. The molecule has 2 N–H and O–H groups in total. The van der Waals surface area contributed by atoms with Gasteiger partial charge in [0.15, 0.2) is 0 Å². The normalized spacial score (nSPS) is 18.7. The molecule has 1 saturated carbocycles. The Bertz CT molecular complexity index is 381. The van der Waals surface area contributed by atoms with Crippen LogP contribution in [0, 0.1) is 6.92 Å². The zero-order valence-electron chi connectivity index (χ0n) is 8.82. The molecule has 1 aliphatic carbocycles. The largest absolute Gasteiger partial charge is 0.329 e. The van der Waals surface area contributed by atoms with Crippen molar-refractivity contribution in [3.05, 3.63) is 29.8 Å². The van der Waals surface area contributed by atoms with Crippen LogP contribution in [-0.4, -0.2) is 17.1 Å². The van der Waals surface area contributed by atoms with Crippen LogP contribution in [0.2, 0.25) is 0 Å². The van der Waals surface area contributed by atoms with Crippen LogP contribution < -0.4 is 5.73 Å². The van der Waals surface area contributed by atoms with E-state index in [2.05, 4.69) is 19.1 Å². The molecule has 1 aromatic carbocycles. The summed E-state index contributed by atoms with van der Waals surface area (Å²) in [6.07, 6.45) is 1.25. The molecule has 80 valence electrons. The Hall–Kier alpha value is -0.800. The molecule has 0 heterocycles. The first-order valence-corrected chi connectivity index (χ1v) is 5.93. The van der Waals surface area contributed by atoms with Gasteiger partial charge in [0, 0.05) is 29.0 Å². The second-order valence-corrected chi connectivity index (χ2v) is 5.66. The molecule has 3 heteroatoms. The molecule has 0 spiro atoms. The zero-order chi connectivity index (χ0) is 10.9. The van der Waals surface area contributed by atoms with Crippen molar-refractivity contribution in [3.8, 4) is 0 Å². The molecule has 0 amide bonds. The molecular weight excluding hydrogens is 206 g/mol. The molecule has 0 unspecified atom stereocenters. The van der Waals surface area contributed by atoms with Gasteiger partial charge in [0.1, 0.15) is 5.78 Å². The highest BCUT2D eigenvalue weighted by atomic mass is 32.2. The van der Waals surface area contributed by atoms with Gasteiger partial charge in [-0.15, -0.1) is 11.8 Å². The third-order valence-electron chi connectivity index (χ3n) is 2.83. The summed E-state index contributed by atoms with van der Waals surface area (Å²) in [5, 5.41) is 0. The molecule has 2 nitrogen and oxygen atoms in total. The van der Waals surface area contributed by atoms with Crippen LogP contribution in [0.4, 0.5) is 0 Å². The Balaban J connectivity index is 2.14. The lowest BCUT2D eigenvalue weighted by Gasteiger charge is -2.38. The van der Waals surface area contributed by atoms with Gasteiger partial charge in [-0.3, -0.25) is 4.79 Å². The van der Waals surface area contributed by atoms with Crippen molar-refractivity contribution < 1.29 is 4.79 Å². The number of carbonyl (C=O) groups is 1. The van der Waals surface area contributed by atoms with Crippen LogP contribution in [0.1, 0.15) is 18.4 Å². The third kappa shape index (κ3) is 2.08. The summed E-state index contributed by atoms with van der Waals surface area (Å²) in [6, 6.07) is 8.24. The van der Waals surface area contributed by atoms with Crippen LogP contribution in [0.5, 0.6) is 0 Å². The Kier molecular flexibility index (Phi) is 2.85. The van der Waals surface area contributed by atoms with Gasteiger partial charge in [-0.1, -0.05) is 18.2 Å². The van der Waals surface area contributed by atoms with Crippen molar-refractivity contribution >= 4 is 17.5 Å². The average Bonchev–Trinajstić information content (AvgIpc) is 2.18. The third-order valence-corrected chi connectivity index (χ3v) is 4.40. The second-order valence-electron chi connectivity index (χ2n) is 4.15. The Morgan fingerprint density at radius 1 is 1.40 bits per heavy atom. The first-order chi connectivity index (χ1) is 7.15. The SMILES string of the molecule is Cc1ccccc1SC1(CN)CC(=O)C1. The first kappa shape index (κ1) is 10.7. The summed E-state index contributed by atoms with van der Waals surface area (Å²) in [7, 11) is 0. The van der Waals surface area contributed by atoms with E-state index in [0.717, 1.165) is 0 Å². The molecule has 0 radical (unpaired) electrons. The summed E-state index contributed by atoms with van der Waals surface area (Å²) in [6.45, 7) is 2.67. The average molecular weight is 221 g/mol. The van der Waals surface area contributed by atoms with Crippen LogP contribution in [0.3, 0.4) is 0 Å². The quantitative estimate of drug-likeness (QED) is 0.850. The van der Waals surface area contributed by atoms with E-state index in [-0.39, 0.29) is 4.75 Å². The predicted molar refractivity (Wildman–Crippen MR) is 63.1 cm³/mol. The van der Waals surface area contributed by atoms with Crippen molar-refractivity contribution in [2.45, 2.75) is 29.4 Å². The first-order valence-electron chi connectivity index (χ1n) is 5.12. The molecular formula is C12H15NOS. The summed E-state index contributed by atoms with van der Waals surface area (Å²) in [4.78, 5) is 12.3. The lowest BCUT2D eigenvalue weighted by Crippen LogP contribution is -2.47. The minimum absolute atomic E-state index is 0.0246. The number of Topliss-reactive ketones (excluding diaryl/α,β-unsaturated/α-hetero) is 1. The summed E-state index contributed by atoms with van der Waals surface area (Å²) in [5.41, 5.74) is 7.01. The molecule has 0 bridgehead atoms. The van der Waals surface area contributed by atoms with Gasteiger partial charge in [0.25, 0.3) is 0 Å². The van der Waals surface area contributed by atoms with Crippen molar-refractivity contribution in [1.29, 1.82) is 0 Å². The van der Waals surface area contributed by atoms with Crippen molar-refractivity contribution in [1.82, 2.24) is 0 Å². The maximum atomic E-state index is 11.1. The number of ketones is 1. The molecule has 15 heavy (non-hydrogen) atoms. The summed E-state index contributed by atoms with van der Waals surface area (Å²) in [5.74, 6) is 0.335. The maximum Gasteiger partial charge on any atom is 0.135 e. The highest BCUT2D eigenvalue weighted by molar-refractivity contribution is 8.01. The van der Waals surface area contributed by atoms with Crippen molar-refractivity contribution in [3.63, 3.8) is 0 Å². The highest BCUT2D eigenvalue weighted by Gasteiger charge is 2.43. The van der Waals surface area contributed by atoms with Gasteiger partial charge in [-0.05, 0) is 18.6 Å². The van der Waals surface area contributed by atoms with E-state index in [1.54, 1.807) is 11.8 Å². The van der Waals surface area contributed by atoms with E-state index in [9.17, 15) is 4.79 Å². The fraction of sp³-hybridized carbons (Fsp3) is 0.417. The monoisotopic (exact) mass is 221 g/mol. The number of hydrogen-bond acceptors (Lipinski definition) is 3. The lowest BCUT2D eigenvalue weighted by atomic mass is 9.83. The maximum absolute atomic E-state index is 11.1. The number of carbonyl (C=O) groups excluding carboxylic acids is 1. The standard InChI is InChI=1S/C12H15NOS/c1-9-4-2-3-5-11(9)15-12(8-13)6-10(14)7-12/h2-5H,6-8,13H2,1H3. The molecule has 0 aliphatic heterocycles. The van der Waals surface area contributed by atoms with Crippen molar-refractivity contribution in [2.24, 2.45) is 5.73 Å². The van der Waals surface area contributed by atoms with Gasteiger partial charge >= 0.3 is 0 Å². The van der Waals surface area contributed by atoms with Gasteiger partial charge in [-0.2, -0.15) is 0 Å². The van der Waals surface area contributed by atoms with Gasteiger partial charge in [0.2, 0.25) is 0 Å². The molecule has 0 aromatic heterocycles.